The number of ketones is 1. The summed E-state index contributed by atoms with van der Waals surface area (Å²) < 4.78 is 0. The third-order valence-electron chi connectivity index (χ3n) is 2.70. The Labute approximate surface area is 92.0 Å². The van der Waals surface area contributed by atoms with E-state index in [2.05, 4.69) is 0 Å². The van der Waals surface area contributed by atoms with Gasteiger partial charge in [-0.1, -0.05) is 41.9 Å². The summed E-state index contributed by atoms with van der Waals surface area (Å²) in [7, 11) is 0. The molecule has 3 rings (SSSR count). The van der Waals surface area contributed by atoms with Crippen LogP contribution in [-0.4, -0.2) is 5.78 Å². The Morgan fingerprint density at radius 1 is 1.00 bits per heavy atom. The average Bonchev–Trinajstić information content (AvgIpc) is 2.27. The molecule has 0 amide bonds. The van der Waals surface area contributed by atoms with Gasteiger partial charge in [-0.2, -0.15) is 0 Å². The van der Waals surface area contributed by atoms with Crippen LogP contribution in [0.3, 0.4) is 0 Å². The van der Waals surface area contributed by atoms with Crippen molar-refractivity contribution >= 4 is 34.2 Å². The molecule has 0 radical (unpaired) electrons. The molecule has 1 aliphatic rings. The Kier molecular flexibility index (Phi) is 1.70. The van der Waals surface area contributed by atoms with Gasteiger partial charge in [0.2, 0.25) is 0 Å². The minimum atomic E-state index is 0.0513. The summed E-state index contributed by atoms with van der Waals surface area (Å²) in [6.07, 6.45) is 3.44. The van der Waals surface area contributed by atoms with Crippen LogP contribution in [0.2, 0.25) is 5.02 Å². The summed E-state index contributed by atoms with van der Waals surface area (Å²) >= 11 is 6.09. The Hall–Kier alpha value is -1.60. The Bertz CT molecular complexity index is 611. The topological polar surface area (TPSA) is 17.1 Å². The molecule has 0 unspecified atom stereocenters. The molecule has 72 valence electrons. The van der Waals surface area contributed by atoms with Crippen molar-refractivity contribution in [3.8, 4) is 0 Å². The Balaban J connectivity index is 2.59. The number of allylic oxidation sites excluding steroid dienone is 1. The van der Waals surface area contributed by atoms with E-state index in [1.54, 1.807) is 6.08 Å². The number of carbonyl (C=O) groups excluding carboxylic acids is 1. The predicted octanol–water partition coefficient (Wildman–Crippen LogP) is 3.70. The van der Waals surface area contributed by atoms with Gasteiger partial charge in [-0.15, -0.1) is 0 Å². The fourth-order valence-electron chi connectivity index (χ4n) is 2.00. The van der Waals surface area contributed by atoms with Crippen LogP contribution in [0.25, 0.3) is 16.8 Å². The molecular weight excluding hydrogens is 208 g/mol. The molecular formula is C13H7ClO. The molecule has 2 aromatic carbocycles. The van der Waals surface area contributed by atoms with Gasteiger partial charge in [-0.3, -0.25) is 4.79 Å². The zero-order valence-electron chi connectivity index (χ0n) is 7.83. The number of rotatable bonds is 0. The van der Waals surface area contributed by atoms with Gasteiger partial charge in [-0.05, 0) is 17.7 Å². The highest BCUT2D eigenvalue weighted by Crippen LogP contribution is 2.32. The molecule has 0 heterocycles. The monoisotopic (exact) mass is 214 g/mol. The van der Waals surface area contributed by atoms with E-state index in [9.17, 15) is 4.79 Å². The van der Waals surface area contributed by atoms with Crippen molar-refractivity contribution in [2.45, 2.75) is 0 Å². The van der Waals surface area contributed by atoms with E-state index < -0.39 is 0 Å². The first-order valence-electron chi connectivity index (χ1n) is 4.71. The first-order chi connectivity index (χ1) is 7.27. The van der Waals surface area contributed by atoms with E-state index in [-0.39, 0.29) is 5.78 Å². The largest absolute Gasteiger partial charge is 0.289 e. The molecule has 0 aromatic heterocycles. The molecule has 0 atom stereocenters. The van der Waals surface area contributed by atoms with E-state index in [0.29, 0.717) is 5.02 Å². The molecule has 0 spiro atoms. The van der Waals surface area contributed by atoms with Crippen LogP contribution in [0.15, 0.2) is 36.4 Å². The molecule has 0 bridgehead atoms. The number of halogens is 1. The third kappa shape index (κ3) is 1.13. The molecule has 2 aromatic rings. The van der Waals surface area contributed by atoms with E-state index in [1.165, 1.54) is 0 Å². The first kappa shape index (κ1) is 8.69. The zero-order valence-corrected chi connectivity index (χ0v) is 8.58. The number of carbonyl (C=O) groups is 1. The second kappa shape index (κ2) is 2.94. The van der Waals surface area contributed by atoms with Gasteiger partial charge in [0.15, 0.2) is 5.78 Å². The summed E-state index contributed by atoms with van der Waals surface area (Å²) in [5.41, 5.74) is 1.80. The van der Waals surface area contributed by atoms with E-state index in [0.717, 1.165) is 21.9 Å². The van der Waals surface area contributed by atoms with Crippen LogP contribution in [-0.2, 0) is 0 Å². The van der Waals surface area contributed by atoms with Crippen molar-refractivity contribution in [3.05, 3.63) is 52.6 Å². The molecule has 1 nitrogen and oxygen atoms in total. The minimum Gasteiger partial charge on any atom is -0.289 e. The molecule has 0 fully saturated rings. The molecule has 15 heavy (non-hydrogen) atoms. The van der Waals surface area contributed by atoms with Crippen LogP contribution < -0.4 is 0 Å². The van der Waals surface area contributed by atoms with Gasteiger partial charge in [0.05, 0.1) is 0 Å². The molecule has 1 aliphatic carbocycles. The lowest BCUT2D eigenvalue weighted by molar-refractivity contribution is 0.104. The fraction of sp³-hybridized carbons (Fsp3) is 0. The highest BCUT2D eigenvalue weighted by Gasteiger charge is 2.15. The van der Waals surface area contributed by atoms with Crippen molar-refractivity contribution in [2.24, 2.45) is 0 Å². The van der Waals surface area contributed by atoms with Crippen molar-refractivity contribution in [3.63, 3.8) is 0 Å². The van der Waals surface area contributed by atoms with Gasteiger partial charge in [0.25, 0.3) is 0 Å². The first-order valence-corrected chi connectivity index (χ1v) is 5.09. The van der Waals surface area contributed by atoms with Gasteiger partial charge >= 0.3 is 0 Å². The smallest absolute Gasteiger partial charge is 0.186 e. The van der Waals surface area contributed by atoms with Crippen molar-refractivity contribution in [1.29, 1.82) is 0 Å². The molecule has 2 heteroatoms. The third-order valence-corrected chi connectivity index (χ3v) is 3.03. The number of benzene rings is 2. The fourth-order valence-corrected chi connectivity index (χ4v) is 2.22. The van der Waals surface area contributed by atoms with E-state index in [4.69, 9.17) is 11.6 Å². The summed E-state index contributed by atoms with van der Waals surface area (Å²) in [4.78, 5) is 11.7. The second-order valence-corrected chi connectivity index (χ2v) is 3.97. The maximum Gasteiger partial charge on any atom is 0.186 e. The number of hydrogen-bond acceptors (Lipinski definition) is 1. The van der Waals surface area contributed by atoms with Gasteiger partial charge in [0.1, 0.15) is 0 Å². The second-order valence-electron chi connectivity index (χ2n) is 3.56. The van der Waals surface area contributed by atoms with Crippen molar-refractivity contribution < 1.29 is 4.79 Å². The van der Waals surface area contributed by atoms with Crippen molar-refractivity contribution in [1.82, 2.24) is 0 Å². The zero-order chi connectivity index (χ0) is 10.4. The van der Waals surface area contributed by atoms with Gasteiger partial charge in [-0.25, -0.2) is 0 Å². The molecule has 0 N–H and O–H groups in total. The van der Waals surface area contributed by atoms with E-state index in [1.807, 2.05) is 36.4 Å². The maximum atomic E-state index is 11.7. The highest BCUT2D eigenvalue weighted by molar-refractivity contribution is 6.37. The van der Waals surface area contributed by atoms with Gasteiger partial charge in [0, 0.05) is 21.4 Å². The number of hydrogen-bond donors (Lipinski definition) is 0. The van der Waals surface area contributed by atoms with Crippen molar-refractivity contribution in [2.75, 3.05) is 0 Å². The standard InChI is InChI=1S/C13H7ClO/c14-11-6-4-8-5-7-12(15)10-3-1-2-9(11)13(8)10/h1-7H. The van der Waals surface area contributed by atoms with Gasteiger partial charge < -0.3 is 0 Å². The molecule has 0 aliphatic heterocycles. The summed E-state index contributed by atoms with van der Waals surface area (Å²) in [5.74, 6) is 0.0513. The quantitative estimate of drug-likeness (QED) is 0.654. The van der Waals surface area contributed by atoms with Crippen LogP contribution >= 0.6 is 11.6 Å². The lowest BCUT2D eigenvalue weighted by Gasteiger charge is -2.12. The maximum absolute atomic E-state index is 11.7. The lowest BCUT2D eigenvalue weighted by Crippen LogP contribution is -2.01. The predicted molar refractivity (Wildman–Crippen MR) is 62.3 cm³/mol. The van der Waals surface area contributed by atoms with Crippen LogP contribution in [0.4, 0.5) is 0 Å². The molecule has 0 saturated heterocycles. The summed E-state index contributed by atoms with van der Waals surface area (Å²) in [5, 5.41) is 2.61. The summed E-state index contributed by atoms with van der Waals surface area (Å²) in [6, 6.07) is 9.45. The van der Waals surface area contributed by atoms with E-state index >= 15 is 0 Å². The summed E-state index contributed by atoms with van der Waals surface area (Å²) in [6.45, 7) is 0. The van der Waals surface area contributed by atoms with Crippen LogP contribution in [0, 0.1) is 0 Å². The van der Waals surface area contributed by atoms with Crippen LogP contribution in [0.1, 0.15) is 15.9 Å². The molecule has 0 saturated carbocycles. The highest BCUT2D eigenvalue weighted by atomic mass is 35.5. The normalized spacial score (nSPS) is 13.5. The lowest BCUT2D eigenvalue weighted by atomic mass is 9.92. The van der Waals surface area contributed by atoms with Crippen LogP contribution in [0.5, 0.6) is 0 Å². The average molecular weight is 215 g/mol. The Morgan fingerprint density at radius 3 is 2.73 bits per heavy atom. The SMILES string of the molecule is O=C1C=Cc2ccc(Cl)c3cccc1c23. The minimum absolute atomic E-state index is 0.0513. The Morgan fingerprint density at radius 2 is 1.87 bits per heavy atom.